The van der Waals surface area contributed by atoms with Gasteiger partial charge in [-0.25, -0.2) is 4.98 Å². The molecule has 1 saturated carbocycles. The molecule has 0 saturated heterocycles. The Morgan fingerprint density at radius 3 is 2.53 bits per heavy atom. The molecule has 0 unspecified atom stereocenters. The van der Waals surface area contributed by atoms with Crippen LogP contribution in [0.25, 0.3) is 0 Å². The third-order valence-corrected chi connectivity index (χ3v) is 4.75. The maximum Gasteiger partial charge on any atom is 0.303 e. The molecular weight excluding hydrogens is 264 g/mol. The predicted molar refractivity (Wildman–Crippen MR) is 72.5 cm³/mol. The number of carboxylic acid groups (broad SMARTS) is 1. The van der Waals surface area contributed by atoms with Crippen molar-refractivity contribution in [1.82, 2.24) is 10.3 Å². The van der Waals surface area contributed by atoms with Gasteiger partial charge in [0.25, 0.3) is 5.91 Å². The van der Waals surface area contributed by atoms with Crippen LogP contribution in [0.5, 0.6) is 0 Å². The van der Waals surface area contributed by atoms with Crippen LogP contribution in [-0.4, -0.2) is 28.5 Å². The molecular formula is C13H18N2O3S. The molecule has 1 aromatic rings. The number of nitrogens with one attached hydrogen (secondary N) is 1. The molecule has 5 nitrogen and oxygen atoms in total. The lowest BCUT2D eigenvalue weighted by atomic mass is 9.66. The first-order valence-corrected chi connectivity index (χ1v) is 7.18. The zero-order valence-corrected chi connectivity index (χ0v) is 12.0. The summed E-state index contributed by atoms with van der Waals surface area (Å²) in [7, 11) is 0. The van der Waals surface area contributed by atoms with Crippen molar-refractivity contribution in [2.24, 2.45) is 5.41 Å². The van der Waals surface area contributed by atoms with Gasteiger partial charge in [0.1, 0.15) is 4.88 Å². The van der Waals surface area contributed by atoms with Crippen molar-refractivity contribution in [2.75, 3.05) is 6.54 Å². The number of amides is 1. The van der Waals surface area contributed by atoms with E-state index in [4.69, 9.17) is 5.11 Å². The fourth-order valence-corrected chi connectivity index (χ4v) is 3.34. The first kappa shape index (κ1) is 14.0. The maximum atomic E-state index is 12.1. The molecule has 1 fully saturated rings. The molecule has 19 heavy (non-hydrogen) atoms. The van der Waals surface area contributed by atoms with Crippen molar-refractivity contribution >= 4 is 23.2 Å². The number of aryl methyl sites for hydroxylation is 2. The standard InChI is InChI=1S/C13H18N2O3S/c1-8-11(19-9(2)15-8)12(18)14-7-13(4-3-5-13)6-10(16)17/h3-7H2,1-2H3,(H,14,18)(H,16,17). The lowest BCUT2D eigenvalue weighted by Crippen LogP contribution is -2.43. The van der Waals surface area contributed by atoms with Crippen molar-refractivity contribution in [2.45, 2.75) is 39.5 Å². The average molecular weight is 282 g/mol. The molecule has 0 aliphatic heterocycles. The maximum absolute atomic E-state index is 12.1. The minimum atomic E-state index is -0.793. The molecule has 0 atom stereocenters. The smallest absolute Gasteiger partial charge is 0.303 e. The molecule has 104 valence electrons. The summed E-state index contributed by atoms with van der Waals surface area (Å²) in [5.41, 5.74) is 0.496. The summed E-state index contributed by atoms with van der Waals surface area (Å²) in [5, 5.41) is 12.7. The highest BCUT2D eigenvalue weighted by Gasteiger charge is 2.39. The molecule has 1 amide bonds. The summed E-state index contributed by atoms with van der Waals surface area (Å²) in [6.07, 6.45) is 2.93. The van der Waals surface area contributed by atoms with E-state index in [1.165, 1.54) is 11.3 Å². The number of nitrogens with zero attached hydrogens (tertiary/aromatic N) is 1. The van der Waals surface area contributed by atoms with Crippen LogP contribution in [0.2, 0.25) is 0 Å². The quantitative estimate of drug-likeness (QED) is 0.867. The van der Waals surface area contributed by atoms with Gasteiger partial charge in [-0.3, -0.25) is 9.59 Å². The highest BCUT2D eigenvalue weighted by atomic mass is 32.1. The van der Waals surface area contributed by atoms with E-state index in [1.54, 1.807) is 0 Å². The number of rotatable bonds is 5. The van der Waals surface area contributed by atoms with Gasteiger partial charge in [-0.1, -0.05) is 6.42 Å². The number of aliphatic carboxylic acids is 1. The normalized spacial score (nSPS) is 16.7. The highest BCUT2D eigenvalue weighted by molar-refractivity contribution is 7.13. The Kier molecular flexibility index (Phi) is 3.89. The van der Waals surface area contributed by atoms with E-state index < -0.39 is 5.97 Å². The minimum Gasteiger partial charge on any atom is -0.481 e. The summed E-state index contributed by atoms with van der Waals surface area (Å²) in [6.45, 7) is 4.12. The Hall–Kier alpha value is -1.43. The Morgan fingerprint density at radius 2 is 2.11 bits per heavy atom. The molecule has 1 aromatic heterocycles. The molecule has 0 radical (unpaired) electrons. The SMILES string of the molecule is Cc1nc(C)c(C(=O)NCC2(CC(=O)O)CCC2)s1. The Balaban J connectivity index is 1.96. The number of carbonyl (C=O) groups excluding carboxylic acids is 1. The van der Waals surface area contributed by atoms with Crippen molar-refractivity contribution in [1.29, 1.82) is 0 Å². The van der Waals surface area contributed by atoms with E-state index >= 15 is 0 Å². The van der Waals surface area contributed by atoms with Gasteiger partial charge in [0, 0.05) is 6.54 Å². The van der Waals surface area contributed by atoms with Gasteiger partial charge in [-0.05, 0) is 32.1 Å². The van der Waals surface area contributed by atoms with Gasteiger partial charge in [0.2, 0.25) is 0 Å². The molecule has 0 bridgehead atoms. The Bertz CT molecular complexity index is 506. The molecule has 0 spiro atoms. The van der Waals surface area contributed by atoms with Gasteiger partial charge >= 0.3 is 5.97 Å². The highest BCUT2D eigenvalue weighted by Crippen LogP contribution is 2.43. The fourth-order valence-electron chi connectivity index (χ4n) is 2.50. The Morgan fingerprint density at radius 1 is 1.42 bits per heavy atom. The van der Waals surface area contributed by atoms with Gasteiger partial charge in [0.15, 0.2) is 0 Å². The van der Waals surface area contributed by atoms with Gasteiger partial charge in [-0.2, -0.15) is 0 Å². The molecule has 0 aromatic carbocycles. The van der Waals surface area contributed by atoms with Crippen LogP contribution in [0.1, 0.15) is 46.1 Å². The van der Waals surface area contributed by atoms with Crippen molar-refractivity contribution in [3.8, 4) is 0 Å². The van der Waals surface area contributed by atoms with Crippen molar-refractivity contribution < 1.29 is 14.7 Å². The average Bonchev–Trinajstić information content (AvgIpc) is 2.60. The second-order valence-corrected chi connectivity index (χ2v) is 6.46. The van der Waals surface area contributed by atoms with E-state index in [9.17, 15) is 9.59 Å². The first-order chi connectivity index (χ1) is 8.92. The summed E-state index contributed by atoms with van der Waals surface area (Å²) in [5.74, 6) is -0.932. The van der Waals surface area contributed by atoms with Crippen LogP contribution >= 0.6 is 11.3 Å². The van der Waals surface area contributed by atoms with Crippen LogP contribution in [0.4, 0.5) is 0 Å². The number of thiazole rings is 1. The number of aromatic nitrogens is 1. The van der Waals surface area contributed by atoms with E-state index in [0.29, 0.717) is 11.4 Å². The van der Waals surface area contributed by atoms with Crippen LogP contribution in [0, 0.1) is 19.3 Å². The number of hydrogen-bond acceptors (Lipinski definition) is 4. The molecule has 1 aliphatic carbocycles. The minimum absolute atomic E-state index is 0.133. The first-order valence-electron chi connectivity index (χ1n) is 6.36. The summed E-state index contributed by atoms with van der Waals surface area (Å²) >= 11 is 1.37. The summed E-state index contributed by atoms with van der Waals surface area (Å²) < 4.78 is 0. The topological polar surface area (TPSA) is 79.3 Å². The number of hydrogen-bond donors (Lipinski definition) is 2. The van der Waals surface area contributed by atoms with E-state index in [1.807, 2.05) is 13.8 Å². The molecule has 2 rings (SSSR count). The number of carbonyl (C=O) groups is 2. The molecule has 6 heteroatoms. The van der Waals surface area contributed by atoms with Crippen LogP contribution < -0.4 is 5.32 Å². The predicted octanol–water partition coefficient (Wildman–Crippen LogP) is 2.13. The lowest BCUT2D eigenvalue weighted by molar-refractivity contribution is -0.141. The number of carboxylic acids is 1. The van der Waals surface area contributed by atoms with Crippen LogP contribution in [0.15, 0.2) is 0 Å². The monoisotopic (exact) mass is 282 g/mol. The van der Waals surface area contributed by atoms with Crippen molar-refractivity contribution in [3.63, 3.8) is 0 Å². The summed E-state index contributed by atoms with van der Waals surface area (Å²) in [6, 6.07) is 0. The van der Waals surface area contributed by atoms with Gasteiger partial charge in [0.05, 0.1) is 17.1 Å². The third kappa shape index (κ3) is 3.12. The second-order valence-electron chi connectivity index (χ2n) is 5.25. The lowest BCUT2D eigenvalue weighted by Gasteiger charge is -2.40. The van der Waals surface area contributed by atoms with Gasteiger partial charge in [-0.15, -0.1) is 11.3 Å². The zero-order chi connectivity index (χ0) is 14.0. The van der Waals surface area contributed by atoms with E-state index in [2.05, 4.69) is 10.3 Å². The molecule has 2 N–H and O–H groups in total. The van der Waals surface area contributed by atoms with Crippen LogP contribution in [0.3, 0.4) is 0 Å². The third-order valence-electron chi connectivity index (χ3n) is 3.67. The largest absolute Gasteiger partial charge is 0.481 e. The second kappa shape index (κ2) is 5.28. The zero-order valence-electron chi connectivity index (χ0n) is 11.2. The summed E-state index contributed by atoms with van der Waals surface area (Å²) in [4.78, 5) is 27.8. The van der Waals surface area contributed by atoms with Crippen molar-refractivity contribution in [3.05, 3.63) is 15.6 Å². The van der Waals surface area contributed by atoms with Gasteiger partial charge < -0.3 is 10.4 Å². The molecule has 1 heterocycles. The fraction of sp³-hybridized carbons (Fsp3) is 0.615. The van der Waals surface area contributed by atoms with E-state index in [-0.39, 0.29) is 17.7 Å². The Labute approximate surface area is 116 Å². The van der Waals surface area contributed by atoms with Crippen LogP contribution in [-0.2, 0) is 4.79 Å². The van der Waals surface area contributed by atoms with E-state index in [0.717, 1.165) is 30.0 Å². The molecule has 1 aliphatic rings.